The molecule has 9 heteroatoms. The van der Waals surface area contributed by atoms with Crippen molar-refractivity contribution in [3.05, 3.63) is 11.3 Å². The zero-order valence-corrected chi connectivity index (χ0v) is 19.9. The Hall–Kier alpha value is -1.26. The predicted molar refractivity (Wildman–Crippen MR) is 111 cm³/mol. The van der Waals surface area contributed by atoms with Gasteiger partial charge in [0.15, 0.2) is 14.1 Å². The molecule has 2 aliphatic heterocycles. The summed E-state index contributed by atoms with van der Waals surface area (Å²) in [6, 6.07) is 0. The Bertz CT molecular complexity index is 691. The van der Waals surface area contributed by atoms with Crippen molar-refractivity contribution in [3.63, 3.8) is 0 Å². The molecule has 166 valence electrons. The summed E-state index contributed by atoms with van der Waals surface area (Å²) in [7, 11) is -0.819. The molecule has 2 aliphatic rings. The Morgan fingerprint density at radius 3 is 2.24 bits per heavy atom. The molecule has 2 saturated heterocycles. The van der Waals surface area contributed by atoms with Gasteiger partial charge in [-0.05, 0) is 38.9 Å². The van der Waals surface area contributed by atoms with Gasteiger partial charge in [0.2, 0.25) is 0 Å². The van der Waals surface area contributed by atoms with E-state index in [-0.39, 0.29) is 22.1 Å². The summed E-state index contributed by atoms with van der Waals surface area (Å²) in [6.07, 6.45) is -2.38. The molecule has 0 radical (unpaired) electrons. The zero-order valence-electron chi connectivity index (χ0n) is 18.9. The van der Waals surface area contributed by atoms with E-state index in [1.165, 1.54) is 14.0 Å². The van der Waals surface area contributed by atoms with Gasteiger partial charge in [0.25, 0.3) is 0 Å². The van der Waals surface area contributed by atoms with Crippen LogP contribution in [0.1, 0.15) is 41.5 Å². The van der Waals surface area contributed by atoms with Crippen LogP contribution in [-0.2, 0) is 28.2 Å². The first kappa shape index (κ1) is 24.0. The fourth-order valence-electron chi connectivity index (χ4n) is 3.25. The molecule has 2 N–H and O–H groups in total. The van der Waals surface area contributed by atoms with Crippen LogP contribution in [-0.4, -0.2) is 69.0 Å². The molecule has 0 aromatic carbocycles. The Morgan fingerprint density at radius 1 is 1.21 bits per heavy atom. The number of allylic oxidation sites excluding steroid dienone is 1. The number of rotatable bonds is 6. The number of esters is 1. The van der Waals surface area contributed by atoms with E-state index in [1.54, 1.807) is 13.8 Å². The molecule has 2 rings (SSSR count). The molecule has 0 unspecified atom stereocenters. The van der Waals surface area contributed by atoms with Crippen LogP contribution in [0.4, 0.5) is 0 Å². The number of ether oxygens (including phenoxy) is 4. The summed E-state index contributed by atoms with van der Waals surface area (Å²) in [6.45, 7) is 16.0. The van der Waals surface area contributed by atoms with Crippen LogP contribution in [0.3, 0.4) is 0 Å². The van der Waals surface area contributed by atoms with Gasteiger partial charge in [-0.3, -0.25) is 0 Å². The minimum Gasteiger partial charge on any atom is -0.512 e. The van der Waals surface area contributed by atoms with E-state index in [1.807, 2.05) is 0 Å². The number of carbonyl (C=O) groups excluding carboxylic acids is 1. The van der Waals surface area contributed by atoms with E-state index in [4.69, 9.17) is 28.8 Å². The standard InChI is InChI=1S/C20H35NO7Si/c1-11(22)13(18(23)24-7)14(21)16-17-15(27-20(5,6)28-17)12(26-16)10-25-29(8,9)19(2,3)4/h12,15-17,21-22H,10H2,1-9H3/b13-11+,21-14?/t12-,15-,16+,17-/m1/s1. The highest BCUT2D eigenvalue weighted by molar-refractivity contribution is 6.74. The molecule has 2 heterocycles. The van der Waals surface area contributed by atoms with Gasteiger partial charge in [0, 0.05) is 0 Å². The van der Waals surface area contributed by atoms with E-state index in [0.29, 0.717) is 6.61 Å². The Balaban J connectivity index is 2.27. The molecule has 0 aromatic heterocycles. The number of methoxy groups -OCH3 is 1. The molecule has 0 bridgehead atoms. The Morgan fingerprint density at radius 2 is 1.76 bits per heavy atom. The van der Waals surface area contributed by atoms with Crippen LogP contribution in [0.5, 0.6) is 0 Å². The van der Waals surface area contributed by atoms with Crippen molar-refractivity contribution < 1.29 is 33.3 Å². The van der Waals surface area contributed by atoms with Crippen molar-refractivity contribution in [2.45, 2.75) is 89.9 Å². The lowest BCUT2D eigenvalue weighted by molar-refractivity contribution is -0.182. The predicted octanol–water partition coefficient (Wildman–Crippen LogP) is 3.32. The third kappa shape index (κ3) is 4.91. The monoisotopic (exact) mass is 429 g/mol. The van der Waals surface area contributed by atoms with Crippen LogP contribution in [0.25, 0.3) is 0 Å². The van der Waals surface area contributed by atoms with Crippen LogP contribution >= 0.6 is 0 Å². The minimum absolute atomic E-state index is 0.0399. The maximum atomic E-state index is 12.1. The average molecular weight is 430 g/mol. The average Bonchev–Trinajstić information content (AvgIpc) is 3.04. The quantitative estimate of drug-likeness (QED) is 0.219. The molecular formula is C20H35NO7Si. The van der Waals surface area contributed by atoms with Crippen molar-refractivity contribution >= 4 is 20.0 Å². The third-order valence-corrected chi connectivity index (χ3v) is 10.4. The molecule has 0 saturated carbocycles. The van der Waals surface area contributed by atoms with E-state index in [0.717, 1.165) is 0 Å². The normalized spacial score (nSPS) is 30.0. The summed E-state index contributed by atoms with van der Waals surface area (Å²) in [5.41, 5.74) is -0.418. The highest BCUT2D eigenvalue weighted by Crippen LogP contribution is 2.42. The fourth-order valence-corrected chi connectivity index (χ4v) is 4.27. The lowest BCUT2D eigenvalue weighted by atomic mass is 9.98. The topological polar surface area (TPSA) is 107 Å². The molecular weight excluding hydrogens is 394 g/mol. The number of aliphatic hydroxyl groups excluding tert-OH is 1. The molecule has 8 nitrogen and oxygen atoms in total. The smallest absolute Gasteiger partial charge is 0.343 e. The molecule has 0 amide bonds. The maximum absolute atomic E-state index is 12.1. The molecule has 0 spiro atoms. The van der Waals surface area contributed by atoms with E-state index < -0.39 is 44.5 Å². The van der Waals surface area contributed by atoms with Crippen LogP contribution in [0.15, 0.2) is 11.3 Å². The number of aliphatic hydroxyl groups is 1. The maximum Gasteiger partial charge on any atom is 0.343 e. The van der Waals surface area contributed by atoms with Gasteiger partial charge in [-0.25, -0.2) is 4.79 Å². The summed E-state index contributed by atoms with van der Waals surface area (Å²) in [5, 5.41) is 18.5. The molecule has 29 heavy (non-hydrogen) atoms. The first-order valence-electron chi connectivity index (χ1n) is 9.83. The van der Waals surface area contributed by atoms with Crippen LogP contribution < -0.4 is 0 Å². The molecule has 0 aromatic rings. The van der Waals surface area contributed by atoms with Crippen molar-refractivity contribution in [3.8, 4) is 0 Å². The van der Waals surface area contributed by atoms with Crippen molar-refractivity contribution in [1.82, 2.24) is 0 Å². The van der Waals surface area contributed by atoms with Gasteiger partial charge >= 0.3 is 5.97 Å². The number of carbonyl (C=O) groups is 1. The Labute approximate surface area is 174 Å². The number of nitrogens with one attached hydrogen (secondary N) is 1. The summed E-state index contributed by atoms with van der Waals surface area (Å²) >= 11 is 0. The molecule has 4 atom stereocenters. The second kappa shape index (κ2) is 8.11. The van der Waals surface area contributed by atoms with E-state index in [9.17, 15) is 9.90 Å². The zero-order chi connectivity index (χ0) is 22.4. The van der Waals surface area contributed by atoms with E-state index >= 15 is 0 Å². The summed E-state index contributed by atoms with van der Waals surface area (Å²) < 4.78 is 29.2. The lowest BCUT2D eigenvalue weighted by Gasteiger charge is -2.37. The fraction of sp³-hybridized carbons (Fsp3) is 0.800. The van der Waals surface area contributed by atoms with Gasteiger partial charge in [0.05, 0.1) is 19.4 Å². The van der Waals surface area contributed by atoms with Gasteiger partial charge in [-0.2, -0.15) is 0 Å². The minimum atomic E-state index is -2.02. The summed E-state index contributed by atoms with van der Waals surface area (Å²) in [5.74, 6) is -1.95. The lowest BCUT2D eigenvalue weighted by Crippen LogP contribution is -2.44. The third-order valence-electron chi connectivity index (χ3n) is 5.87. The second-order valence-corrected chi connectivity index (χ2v) is 14.4. The number of hydrogen-bond acceptors (Lipinski definition) is 8. The van der Waals surface area contributed by atoms with Crippen LogP contribution in [0.2, 0.25) is 18.1 Å². The SMILES string of the molecule is COC(=O)/C(C(=N)[C@@H]1O[C@H](CO[Si](C)(C)C(C)(C)C)[C@H]2OC(C)(C)O[C@H]21)=C(\C)O. The first-order valence-corrected chi connectivity index (χ1v) is 12.7. The molecule has 0 aliphatic carbocycles. The van der Waals surface area contributed by atoms with Crippen molar-refractivity contribution in [2.24, 2.45) is 0 Å². The van der Waals surface area contributed by atoms with Crippen molar-refractivity contribution in [1.29, 1.82) is 5.41 Å². The van der Waals surface area contributed by atoms with Crippen molar-refractivity contribution in [2.75, 3.05) is 13.7 Å². The van der Waals surface area contributed by atoms with Gasteiger partial charge in [-0.15, -0.1) is 0 Å². The summed E-state index contributed by atoms with van der Waals surface area (Å²) in [4.78, 5) is 12.1. The largest absolute Gasteiger partial charge is 0.512 e. The second-order valence-electron chi connectivity index (χ2n) is 9.60. The van der Waals surface area contributed by atoms with Gasteiger partial charge in [-0.1, -0.05) is 20.8 Å². The van der Waals surface area contributed by atoms with Gasteiger partial charge < -0.3 is 33.9 Å². The molecule has 2 fully saturated rings. The first-order chi connectivity index (χ1) is 13.1. The Kier molecular flexibility index (Phi) is 6.71. The highest BCUT2D eigenvalue weighted by Gasteiger charge is 2.57. The van der Waals surface area contributed by atoms with Crippen LogP contribution in [0, 0.1) is 5.41 Å². The number of fused-ring (bicyclic) bond motifs is 1. The van der Waals surface area contributed by atoms with E-state index in [2.05, 4.69) is 33.9 Å². The van der Waals surface area contributed by atoms with Gasteiger partial charge in [0.1, 0.15) is 35.7 Å². The highest BCUT2D eigenvalue weighted by atomic mass is 28.4. The number of hydrogen-bond donors (Lipinski definition) is 2.